The van der Waals surface area contributed by atoms with E-state index in [9.17, 15) is 58.5 Å². The third-order valence-corrected chi connectivity index (χ3v) is 8.40. The molecular weight excluding hydrogens is 780 g/mol. The monoisotopic (exact) mass is 828 g/mol. The fraction of sp³-hybridized carbons (Fsp3) is 0.447. The van der Waals surface area contributed by atoms with E-state index in [1.165, 1.54) is 0 Å². The van der Waals surface area contributed by atoms with Gasteiger partial charge in [-0.05, 0) is 36.8 Å². The fourth-order valence-electron chi connectivity index (χ4n) is 5.31. The predicted molar refractivity (Wildman–Crippen MR) is 201 cm³/mol. The van der Waals surface area contributed by atoms with Gasteiger partial charge in [0.15, 0.2) is 12.2 Å². The molecule has 0 bridgehead atoms. The van der Waals surface area contributed by atoms with Crippen LogP contribution < -0.4 is 32.1 Å². The number of aliphatic carboxylic acids is 2. The van der Waals surface area contributed by atoms with Gasteiger partial charge in [-0.2, -0.15) is 0 Å². The molecule has 2 unspecified atom stereocenters. The van der Waals surface area contributed by atoms with Crippen LogP contribution in [0.1, 0.15) is 57.6 Å². The molecule has 1 fully saturated rings. The number of hydrogen-bond donors (Lipinski definition) is 9. The van der Waals surface area contributed by atoms with Gasteiger partial charge >= 0.3 is 24.0 Å². The minimum atomic E-state index is -1.91. The lowest BCUT2D eigenvalue weighted by atomic mass is 10.0. The number of esters is 1. The molecular formula is C38H48N6O15. The molecule has 2 aromatic carbocycles. The summed E-state index contributed by atoms with van der Waals surface area (Å²) >= 11 is 0. The number of carbonyl (C=O) groups is 9. The maximum absolute atomic E-state index is 13.5. The van der Waals surface area contributed by atoms with Crippen LogP contribution in [-0.2, 0) is 65.8 Å². The van der Waals surface area contributed by atoms with Crippen molar-refractivity contribution in [3.63, 3.8) is 0 Å². The Balaban J connectivity index is 1.62. The summed E-state index contributed by atoms with van der Waals surface area (Å²) in [6.45, 7) is 4.39. The molecule has 9 N–H and O–H groups in total. The van der Waals surface area contributed by atoms with E-state index < -0.39 is 115 Å². The predicted octanol–water partition coefficient (Wildman–Crippen LogP) is -0.840. The van der Waals surface area contributed by atoms with Gasteiger partial charge in [-0.3, -0.25) is 44.4 Å². The van der Waals surface area contributed by atoms with Crippen LogP contribution >= 0.6 is 0 Å². The Morgan fingerprint density at radius 3 is 1.75 bits per heavy atom. The lowest BCUT2D eigenvalue weighted by Gasteiger charge is -2.27. The van der Waals surface area contributed by atoms with Crippen molar-refractivity contribution < 1.29 is 72.7 Å². The number of amides is 6. The SMILES string of the molecule is CC(C)C[C@H](NC(=O)OCc1ccccc1)C(=O)N[C@@H](CCC(=O)O)C(=O)N[C@H](C(=O)N[C@@H](CC(=O)O)C(=O)NNC(=O)C1OC1C(=O)OCc1ccccc1)[C@@H](C)O. The Kier molecular flexibility index (Phi) is 18.2. The number of benzene rings is 2. The highest BCUT2D eigenvalue weighted by Gasteiger charge is 2.52. The van der Waals surface area contributed by atoms with Crippen molar-refractivity contribution in [2.24, 2.45) is 5.92 Å². The number of ether oxygens (including phenoxy) is 3. The molecule has 59 heavy (non-hydrogen) atoms. The van der Waals surface area contributed by atoms with Gasteiger partial charge in [-0.25, -0.2) is 9.59 Å². The number of carbonyl (C=O) groups excluding carboxylic acids is 7. The van der Waals surface area contributed by atoms with Gasteiger partial charge in [0, 0.05) is 6.42 Å². The summed E-state index contributed by atoms with van der Waals surface area (Å²) in [7, 11) is 0. The van der Waals surface area contributed by atoms with Gasteiger partial charge in [-0.1, -0.05) is 74.5 Å². The Labute approximate surface area is 337 Å². The number of rotatable bonds is 22. The molecule has 0 aromatic heterocycles. The zero-order valence-electron chi connectivity index (χ0n) is 32.4. The summed E-state index contributed by atoms with van der Waals surface area (Å²) in [4.78, 5) is 114. The Bertz CT molecular complexity index is 1810. The first-order valence-corrected chi connectivity index (χ1v) is 18.4. The summed E-state index contributed by atoms with van der Waals surface area (Å²) in [5, 5.41) is 38.2. The van der Waals surface area contributed by atoms with Crippen molar-refractivity contribution in [2.45, 2.75) is 102 Å². The second-order valence-electron chi connectivity index (χ2n) is 13.8. The number of hydrazine groups is 1. The van der Waals surface area contributed by atoms with Crippen molar-refractivity contribution in [3.8, 4) is 0 Å². The third-order valence-electron chi connectivity index (χ3n) is 8.40. The Hall–Kier alpha value is -6.61. The summed E-state index contributed by atoms with van der Waals surface area (Å²) in [5.74, 6) is -9.52. The highest BCUT2D eigenvalue weighted by Crippen LogP contribution is 2.24. The lowest BCUT2D eigenvalue weighted by Crippen LogP contribution is -2.61. The lowest BCUT2D eigenvalue weighted by molar-refractivity contribution is -0.146. The second-order valence-corrected chi connectivity index (χ2v) is 13.8. The quantitative estimate of drug-likeness (QED) is 0.0397. The van der Waals surface area contributed by atoms with Gasteiger partial charge in [0.25, 0.3) is 11.8 Å². The number of aliphatic hydroxyl groups is 1. The molecule has 1 aliphatic rings. The van der Waals surface area contributed by atoms with Crippen LogP contribution in [0.25, 0.3) is 0 Å². The maximum Gasteiger partial charge on any atom is 0.408 e. The number of alkyl carbamates (subject to hydrolysis) is 1. The summed E-state index contributed by atoms with van der Waals surface area (Å²) in [6, 6.07) is 10.7. The van der Waals surface area contributed by atoms with Gasteiger partial charge in [0.2, 0.25) is 17.7 Å². The van der Waals surface area contributed by atoms with Crippen molar-refractivity contribution in [1.82, 2.24) is 32.1 Å². The highest BCUT2D eigenvalue weighted by atomic mass is 16.6. The molecule has 1 heterocycles. The van der Waals surface area contributed by atoms with Gasteiger partial charge < -0.3 is 50.8 Å². The van der Waals surface area contributed by atoms with E-state index in [0.29, 0.717) is 11.1 Å². The van der Waals surface area contributed by atoms with Crippen LogP contribution in [0.4, 0.5) is 4.79 Å². The average molecular weight is 829 g/mol. The van der Waals surface area contributed by atoms with E-state index in [2.05, 4.69) is 21.3 Å². The number of hydrogen-bond acceptors (Lipinski definition) is 13. The molecule has 7 atom stereocenters. The minimum Gasteiger partial charge on any atom is -0.481 e. The van der Waals surface area contributed by atoms with Crippen molar-refractivity contribution in [1.29, 1.82) is 0 Å². The van der Waals surface area contributed by atoms with Crippen LogP contribution in [0.3, 0.4) is 0 Å². The third kappa shape index (κ3) is 16.4. The topological polar surface area (TPSA) is 317 Å². The molecule has 1 saturated heterocycles. The van der Waals surface area contributed by atoms with Gasteiger partial charge in [0.05, 0.1) is 12.5 Å². The molecule has 21 heteroatoms. The average Bonchev–Trinajstić information content (AvgIpc) is 4.00. The largest absolute Gasteiger partial charge is 0.481 e. The Morgan fingerprint density at radius 2 is 1.20 bits per heavy atom. The van der Waals surface area contributed by atoms with Crippen LogP contribution in [-0.4, -0.2) is 111 Å². The normalized spacial score (nSPS) is 16.7. The standard InChI is InChI=1S/C38H48N6O15/c1-20(2)16-25(41-38(56)58-19-23-12-8-5-9-13-23)33(51)39-24(14-15-27(46)47)32(50)42-29(21(3)45)35(53)40-26(17-28(48)49)34(52)43-44-36(54)30-31(59-30)37(55)57-18-22-10-6-4-7-11-22/h4-13,20-21,24-26,29-31,45H,14-19H2,1-3H3,(H,39,51)(H,40,53)(H,41,56)(H,42,50)(H,43,52)(H,44,54)(H,46,47)(H,48,49)/t21-,24+,25+,26+,29+,30?,31?/m1/s1. The zero-order chi connectivity index (χ0) is 43.6. The molecule has 0 spiro atoms. The fourth-order valence-corrected chi connectivity index (χ4v) is 5.31. The molecule has 0 radical (unpaired) electrons. The van der Waals surface area contributed by atoms with Gasteiger partial charge in [-0.15, -0.1) is 0 Å². The van der Waals surface area contributed by atoms with Crippen LogP contribution in [0.15, 0.2) is 60.7 Å². The molecule has 1 aliphatic heterocycles. The number of carboxylic acid groups (broad SMARTS) is 2. The van der Waals surface area contributed by atoms with E-state index in [1.807, 2.05) is 10.9 Å². The molecule has 3 rings (SSSR count). The first-order chi connectivity index (χ1) is 27.9. The Morgan fingerprint density at radius 1 is 0.644 bits per heavy atom. The smallest absolute Gasteiger partial charge is 0.408 e. The van der Waals surface area contributed by atoms with E-state index in [1.54, 1.807) is 74.5 Å². The van der Waals surface area contributed by atoms with Crippen LogP contribution in [0.5, 0.6) is 0 Å². The molecule has 21 nitrogen and oxygen atoms in total. The van der Waals surface area contributed by atoms with E-state index in [-0.39, 0.29) is 25.6 Å². The second kappa shape index (κ2) is 23.0. The summed E-state index contributed by atoms with van der Waals surface area (Å²) in [5.41, 5.74) is 5.24. The van der Waals surface area contributed by atoms with Crippen molar-refractivity contribution in [3.05, 3.63) is 71.8 Å². The van der Waals surface area contributed by atoms with E-state index in [4.69, 9.17) is 14.2 Å². The molecule has 320 valence electrons. The number of nitrogens with one attached hydrogen (secondary N) is 6. The molecule has 2 aromatic rings. The molecule has 0 aliphatic carbocycles. The molecule has 0 saturated carbocycles. The zero-order valence-corrected chi connectivity index (χ0v) is 32.4. The number of epoxide rings is 1. The number of aliphatic hydroxyl groups excluding tert-OH is 1. The van der Waals surface area contributed by atoms with Crippen LogP contribution in [0.2, 0.25) is 0 Å². The van der Waals surface area contributed by atoms with Crippen molar-refractivity contribution >= 4 is 53.5 Å². The van der Waals surface area contributed by atoms with Crippen molar-refractivity contribution in [2.75, 3.05) is 0 Å². The summed E-state index contributed by atoms with van der Waals surface area (Å²) in [6.07, 6.45) is -7.39. The van der Waals surface area contributed by atoms with E-state index >= 15 is 0 Å². The summed E-state index contributed by atoms with van der Waals surface area (Å²) < 4.78 is 15.4. The van der Waals surface area contributed by atoms with Gasteiger partial charge in [0.1, 0.15) is 37.4 Å². The highest BCUT2D eigenvalue weighted by molar-refractivity contribution is 5.98. The van der Waals surface area contributed by atoms with Crippen LogP contribution in [0, 0.1) is 5.92 Å². The maximum atomic E-state index is 13.5. The number of carboxylic acids is 2. The van der Waals surface area contributed by atoms with E-state index in [0.717, 1.165) is 6.92 Å². The molecule has 6 amide bonds. The minimum absolute atomic E-state index is 0.0707. The first kappa shape index (κ1) is 46.8. The first-order valence-electron chi connectivity index (χ1n) is 18.4.